The first-order valence-electron chi connectivity index (χ1n) is 8.46. The molecule has 1 N–H and O–H groups in total. The second kappa shape index (κ2) is 7.06. The van der Waals surface area contributed by atoms with Gasteiger partial charge in [0.25, 0.3) is 0 Å². The van der Waals surface area contributed by atoms with Crippen LogP contribution < -0.4 is 5.32 Å². The van der Waals surface area contributed by atoms with Crippen molar-refractivity contribution in [2.45, 2.75) is 0 Å². The minimum absolute atomic E-state index is 1.09. The van der Waals surface area contributed by atoms with Crippen molar-refractivity contribution in [3.8, 4) is 22.3 Å². The fraction of sp³-hybridized carbons (Fsp3) is 0. The molecule has 0 aromatic heterocycles. The minimum atomic E-state index is 1.09. The zero-order valence-corrected chi connectivity index (χ0v) is 13.9. The summed E-state index contributed by atoms with van der Waals surface area (Å²) in [5, 5.41) is 3.52. The smallest absolute Gasteiger partial charge is 0.0396 e. The molecule has 25 heavy (non-hydrogen) atoms. The van der Waals surface area contributed by atoms with Crippen molar-refractivity contribution in [3.05, 3.63) is 109 Å². The molecule has 0 saturated heterocycles. The third-order valence-electron chi connectivity index (χ3n) is 4.21. The van der Waals surface area contributed by atoms with E-state index in [0.29, 0.717) is 0 Å². The minimum Gasteiger partial charge on any atom is -0.355 e. The van der Waals surface area contributed by atoms with Gasteiger partial charge < -0.3 is 5.32 Å². The van der Waals surface area contributed by atoms with Crippen LogP contribution in [0.1, 0.15) is 0 Å². The van der Waals surface area contributed by atoms with Crippen LogP contribution in [0.25, 0.3) is 22.3 Å². The molecule has 0 fully saturated rings. The molecule has 0 aliphatic heterocycles. The first-order valence-corrected chi connectivity index (χ1v) is 8.46. The average molecular weight is 321 g/mol. The maximum atomic E-state index is 3.52. The standard InChI is InChI=1S/C24H19N/c1-4-10-19(11-5-1)21-16-22(20-12-6-2-7-13-20)18-24(17-21)25-23-14-8-3-9-15-23/h1-18,25H. The van der Waals surface area contributed by atoms with E-state index in [2.05, 4.69) is 84.2 Å². The number of rotatable bonds is 4. The quantitative estimate of drug-likeness (QED) is 0.437. The Kier molecular flexibility index (Phi) is 4.30. The van der Waals surface area contributed by atoms with Gasteiger partial charge in [0.2, 0.25) is 0 Å². The first-order chi connectivity index (χ1) is 12.4. The monoisotopic (exact) mass is 321 g/mol. The van der Waals surface area contributed by atoms with Gasteiger partial charge in [-0.2, -0.15) is 0 Å². The Bertz CT molecular complexity index is 887. The second-order valence-electron chi connectivity index (χ2n) is 6.02. The third-order valence-corrected chi connectivity index (χ3v) is 4.21. The van der Waals surface area contributed by atoms with Crippen LogP contribution in [0.3, 0.4) is 0 Å². The van der Waals surface area contributed by atoms with Gasteiger partial charge in [-0.25, -0.2) is 0 Å². The summed E-state index contributed by atoms with van der Waals surface area (Å²) in [6.07, 6.45) is 0. The summed E-state index contributed by atoms with van der Waals surface area (Å²) in [4.78, 5) is 0. The predicted octanol–water partition coefficient (Wildman–Crippen LogP) is 6.76. The van der Waals surface area contributed by atoms with E-state index in [4.69, 9.17) is 0 Å². The lowest BCUT2D eigenvalue weighted by molar-refractivity contribution is 1.53. The van der Waals surface area contributed by atoms with Crippen molar-refractivity contribution in [3.63, 3.8) is 0 Å². The normalized spacial score (nSPS) is 10.4. The summed E-state index contributed by atoms with van der Waals surface area (Å²) in [7, 11) is 0. The molecule has 0 atom stereocenters. The lowest BCUT2D eigenvalue weighted by Gasteiger charge is -2.12. The molecule has 0 unspecified atom stereocenters. The van der Waals surface area contributed by atoms with Gasteiger partial charge in [0.1, 0.15) is 0 Å². The Labute approximate surface area is 148 Å². The van der Waals surface area contributed by atoms with Crippen LogP contribution in [0, 0.1) is 0 Å². The van der Waals surface area contributed by atoms with Gasteiger partial charge in [-0.05, 0) is 52.6 Å². The summed E-state index contributed by atoms with van der Waals surface area (Å²) < 4.78 is 0. The average Bonchev–Trinajstić information content (AvgIpc) is 2.70. The second-order valence-corrected chi connectivity index (χ2v) is 6.02. The molecule has 0 radical (unpaired) electrons. The van der Waals surface area contributed by atoms with Gasteiger partial charge in [-0.1, -0.05) is 78.9 Å². The number of anilines is 2. The van der Waals surface area contributed by atoms with Crippen LogP contribution in [0.2, 0.25) is 0 Å². The molecule has 0 aliphatic carbocycles. The number of benzene rings is 4. The van der Waals surface area contributed by atoms with Crippen molar-refractivity contribution >= 4 is 11.4 Å². The molecule has 0 heterocycles. The highest BCUT2D eigenvalue weighted by Crippen LogP contribution is 2.31. The molecule has 1 heteroatoms. The maximum absolute atomic E-state index is 3.52. The Morgan fingerprint density at radius 2 is 0.800 bits per heavy atom. The van der Waals surface area contributed by atoms with E-state index in [9.17, 15) is 0 Å². The van der Waals surface area contributed by atoms with Crippen molar-refractivity contribution in [2.75, 3.05) is 5.32 Å². The van der Waals surface area contributed by atoms with E-state index >= 15 is 0 Å². The molecule has 4 aromatic carbocycles. The van der Waals surface area contributed by atoms with Gasteiger partial charge in [-0.3, -0.25) is 0 Å². The summed E-state index contributed by atoms with van der Waals surface area (Å²) in [6, 6.07) is 37.9. The van der Waals surface area contributed by atoms with Crippen molar-refractivity contribution in [1.29, 1.82) is 0 Å². The lowest BCUT2D eigenvalue weighted by Crippen LogP contribution is -1.92. The maximum Gasteiger partial charge on any atom is 0.0396 e. The SMILES string of the molecule is c1ccc(Nc2cc(-c3ccccc3)cc(-c3ccccc3)c2)cc1. The highest BCUT2D eigenvalue weighted by molar-refractivity contribution is 5.79. The van der Waals surface area contributed by atoms with Crippen molar-refractivity contribution in [2.24, 2.45) is 0 Å². The molecule has 1 nitrogen and oxygen atoms in total. The molecule has 0 bridgehead atoms. The largest absolute Gasteiger partial charge is 0.355 e. The van der Waals surface area contributed by atoms with E-state index in [1.807, 2.05) is 30.3 Å². The zero-order valence-electron chi connectivity index (χ0n) is 13.9. The van der Waals surface area contributed by atoms with Crippen LogP contribution in [-0.2, 0) is 0 Å². The Hall–Kier alpha value is -3.32. The number of hydrogen-bond donors (Lipinski definition) is 1. The molecule has 4 aromatic rings. The topological polar surface area (TPSA) is 12.0 Å². The summed E-state index contributed by atoms with van der Waals surface area (Å²) in [5.74, 6) is 0. The molecule has 120 valence electrons. The van der Waals surface area contributed by atoms with Crippen LogP contribution in [0.5, 0.6) is 0 Å². The van der Waals surface area contributed by atoms with E-state index in [1.54, 1.807) is 0 Å². The van der Waals surface area contributed by atoms with Gasteiger partial charge in [0, 0.05) is 11.4 Å². The summed E-state index contributed by atoms with van der Waals surface area (Å²) in [5.41, 5.74) is 7.03. The van der Waals surface area contributed by atoms with Crippen LogP contribution in [-0.4, -0.2) is 0 Å². The summed E-state index contributed by atoms with van der Waals surface area (Å²) in [6.45, 7) is 0. The Morgan fingerprint density at radius 1 is 0.360 bits per heavy atom. The zero-order chi connectivity index (χ0) is 16.9. The molecular weight excluding hydrogens is 302 g/mol. The van der Waals surface area contributed by atoms with E-state index in [0.717, 1.165) is 11.4 Å². The lowest BCUT2D eigenvalue weighted by atomic mass is 9.98. The van der Waals surface area contributed by atoms with Crippen LogP contribution >= 0.6 is 0 Å². The van der Waals surface area contributed by atoms with E-state index in [1.165, 1.54) is 22.3 Å². The molecule has 4 rings (SSSR count). The van der Waals surface area contributed by atoms with E-state index in [-0.39, 0.29) is 0 Å². The molecule has 0 saturated carbocycles. The van der Waals surface area contributed by atoms with Crippen LogP contribution in [0.15, 0.2) is 109 Å². The van der Waals surface area contributed by atoms with Gasteiger partial charge in [0.15, 0.2) is 0 Å². The van der Waals surface area contributed by atoms with E-state index < -0.39 is 0 Å². The van der Waals surface area contributed by atoms with Gasteiger partial charge >= 0.3 is 0 Å². The highest BCUT2D eigenvalue weighted by atomic mass is 14.9. The van der Waals surface area contributed by atoms with Crippen LogP contribution in [0.4, 0.5) is 11.4 Å². The fourth-order valence-corrected chi connectivity index (χ4v) is 2.98. The summed E-state index contributed by atoms with van der Waals surface area (Å²) >= 11 is 0. The highest BCUT2D eigenvalue weighted by Gasteiger charge is 2.05. The first kappa shape index (κ1) is 15.2. The predicted molar refractivity (Wildman–Crippen MR) is 107 cm³/mol. The van der Waals surface area contributed by atoms with Gasteiger partial charge in [0.05, 0.1) is 0 Å². The molecule has 0 aliphatic rings. The Balaban J connectivity index is 1.80. The molecule has 0 spiro atoms. The Morgan fingerprint density at radius 3 is 1.28 bits per heavy atom. The number of para-hydroxylation sites is 1. The number of nitrogens with one attached hydrogen (secondary N) is 1. The molecule has 0 amide bonds. The van der Waals surface area contributed by atoms with Crippen molar-refractivity contribution < 1.29 is 0 Å². The number of hydrogen-bond acceptors (Lipinski definition) is 1. The van der Waals surface area contributed by atoms with Gasteiger partial charge in [-0.15, -0.1) is 0 Å². The van der Waals surface area contributed by atoms with Crippen molar-refractivity contribution in [1.82, 2.24) is 0 Å². The third kappa shape index (κ3) is 3.61. The molecular formula is C24H19N. The fourth-order valence-electron chi connectivity index (χ4n) is 2.98.